The van der Waals surface area contributed by atoms with Crippen molar-refractivity contribution < 1.29 is 0 Å². The summed E-state index contributed by atoms with van der Waals surface area (Å²) in [5, 5.41) is 3.58. The fourth-order valence-corrected chi connectivity index (χ4v) is 2.53. The van der Waals surface area contributed by atoms with E-state index >= 15 is 0 Å². The fraction of sp³-hybridized carbons (Fsp3) is 0.833. The van der Waals surface area contributed by atoms with Crippen LogP contribution in [0.2, 0.25) is 0 Å². The molecule has 2 nitrogen and oxygen atoms in total. The quantitative estimate of drug-likeness (QED) is 0.799. The van der Waals surface area contributed by atoms with Crippen LogP contribution in [0.25, 0.3) is 0 Å². The Morgan fingerprint density at radius 2 is 2.13 bits per heavy atom. The molecule has 0 aromatic carbocycles. The average Bonchev–Trinajstić information content (AvgIpc) is 2.27. The second-order valence-electron chi connectivity index (χ2n) is 4.48. The third-order valence-electron chi connectivity index (χ3n) is 3.68. The molecular weight excluding hydrogens is 208 g/mol. The maximum atomic E-state index is 5.61. The van der Waals surface area contributed by atoms with Gasteiger partial charge in [-0.1, -0.05) is 31.5 Å². The third kappa shape index (κ3) is 2.96. The highest BCUT2D eigenvalue weighted by atomic mass is 35.5. The Hall–Kier alpha value is -0.0500. The lowest BCUT2D eigenvalue weighted by Gasteiger charge is -2.48. The first-order valence-electron chi connectivity index (χ1n) is 5.92. The summed E-state index contributed by atoms with van der Waals surface area (Å²) in [5.41, 5.74) is 1.95. The average molecular weight is 231 g/mol. The molecule has 0 saturated carbocycles. The Bertz CT molecular complexity index is 212. The van der Waals surface area contributed by atoms with Gasteiger partial charge in [-0.3, -0.25) is 4.90 Å². The Morgan fingerprint density at radius 3 is 2.67 bits per heavy atom. The molecule has 15 heavy (non-hydrogen) atoms. The molecule has 1 unspecified atom stereocenters. The second-order valence-corrected chi connectivity index (χ2v) is 4.73. The second kappa shape index (κ2) is 5.88. The van der Waals surface area contributed by atoms with Crippen molar-refractivity contribution in [2.24, 2.45) is 0 Å². The summed E-state index contributed by atoms with van der Waals surface area (Å²) in [4.78, 5) is 2.56. The van der Waals surface area contributed by atoms with E-state index in [0.717, 1.165) is 19.6 Å². The van der Waals surface area contributed by atoms with Gasteiger partial charge in [0.1, 0.15) is 0 Å². The zero-order chi connectivity index (χ0) is 11.3. The van der Waals surface area contributed by atoms with E-state index in [2.05, 4.69) is 31.0 Å². The van der Waals surface area contributed by atoms with Gasteiger partial charge in [0.15, 0.2) is 0 Å². The molecule has 0 aromatic heterocycles. The first-order chi connectivity index (χ1) is 7.18. The van der Waals surface area contributed by atoms with Crippen LogP contribution in [0, 0.1) is 0 Å². The lowest BCUT2D eigenvalue weighted by molar-refractivity contribution is 0.0460. The first-order valence-corrected chi connectivity index (χ1v) is 6.35. The Morgan fingerprint density at radius 1 is 1.47 bits per heavy atom. The molecule has 1 saturated heterocycles. The van der Waals surface area contributed by atoms with E-state index in [9.17, 15) is 0 Å². The smallest absolute Gasteiger partial charge is 0.0332 e. The van der Waals surface area contributed by atoms with Crippen LogP contribution in [0.1, 0.15) is 33.6 Å². The van der Waals surface area contributed by atoms with E-state index in [1.54, 1.807) is 5.54 Å². The van der Waals surface area contributed by atoms with Crippen molar-refractivity contribution in [1.82, 2.24) is 10.2 Å². The number of hydrogen-bond donors (Lipinski definition) is 1. The zero-order valence-corrected chi connectivity index (χ0v) is 10.8. The van der Waals surface area contributed by atoms with Gasteiger partial charge >= 0.3 is 0 Å². The molecule has 1 fully saturated rings. The van der Waals surface area contributed by atoms with Crippen LogP contribution < -0.4 is 5.32 Å². The number of halogens is 1. The summed E-state index contributed by atoms with van der Waals surface area (Å²) in [6.07, 6.45) is 4.43. The molecule has 0 bridgehead atoms. The molecule has 1 N–H and O–H groups in total. The lowest BCUT2D eigenvalue weighted by Crippen LogP contribution is -2.63. The molecule has 88 valence electrons. The van der Waals surface area contributed by atoms with Crippen LogP contribution in [0.3, 0.4) is 0 Å². The number of piperazine rings is 1. The molecule has 1 aliphatic heterocycles. The number of rotatable bonds is 4. The van der Waals surface area contributed by atoms with Gasteiger partial charge in [-0.05, 0) is 19.8 Å². The minimum absolute atomic E-state index is 0.322. The van der Waals surface area contributed by atoms with E-state index < -0.39 is 0 Å². The molecule has 1 atom stereocenters. The highest BCUT2D eigenvalue weighted by Gasteiger charge is 2.36. The maximum absolute atomic E-state index is 5.61. The summed E-state index contributed by atoms with van der Waals surface area (Å²) in [6, 6.07) is 0.583. The minimum Gasteiger partial charge on any atom is -0.311 e. The van der Waals surface area contributed by atoms with Gasteiger partial charge in [-0.15, -0.1) is 0 Å². The Kier molecular flexibility index (Phi) is 5.10. The molecule has 1 heterocycles. The van der Waals surface area contributed by atoms with Crippen LogP contribution in [0.5, 0.6) is 0 Å². The van der Waals surface area contributed by atoms with Gasteiger partial charge in [0.25, 0.3) is 0 Å². The Balaban J connectivity index is 2.72. The van der Waals surface area contributed by atoms with Crippen molar-refractivity contribution in [2.45, 2.75) is 45.2 Å². The molecule has 0 aliphatic carbocycles. The van der Waals surface area contributed by atoms with E-state index in [0.29, 0.717) is 11.6 Å². The van der Waals surface area contributed by atoms with Crippen molar-refractivity contribution in [3.8, 4) is 0 Å². The predicted octanol–water partition coefficient (Wildman–Crippen LogP) is 2.59. The lowest BCUT2D eigenvalue weighted by atomic mass is 9.87. The fourth-order valence-electron chi connectivity index (χ4n) is 2.45. The predicted molar refractivity (Wildman–Crippen MR) is 67.3 cm³/mol. The molecule has 1 rings (SSSR count). The van der Waals surface area contributed by atoms with Crippen molar-refractivity contribution in [2.75, 3.05) is 19.6 Å². The minimum atomic E-state index is 0.322. The van der Waals surface area contributed by atoms with Crippen LogP contribution in [-0.2, 0) is 0 Å². The summed E-state index contributed by atoms with van der Waals surface area (Å²) in [7, 11) is 0. The number of nitrogens with one attached hydrogen (secondary N) is 1. The molecule has 0 amide bonds. The van der Waals surface area contributed by atoms with Gasteiger partial charge in [0.05, 0.1) is 0 Å². The summed E-state index contributed by atoms with van der Waals surface area (Å²) in [5.74, 6) is 0. The van der Waals surface area contributed by atoms with Crippen molar-refractivity contribution in [3.63, 3.8) is 0 Å². The molecule has 3 heteroatoms. The first kappa shape index (κ1) is 13.0. The Labute approximate surface area is 98.7 Å². The summed E-state index contributed by atoms with van der Waals surface area (Å²) < 4.78 is 0. The van der Waals surface area contributed by atoms with E-state index in [4.69, 9.17) is 11.6 Å². The largest absolute Gasteiger partial charge is 0.311 e. The monoisotopic (exact) mass is 230 g/mol. The summed E-state index contributed by atoms with van der Waals surface area (Å²) >= 11 is 5.61. The molecular formula is C12H23ClN2. The van der Waals surface area contributed by atoms with Crippen molar-refractivity contribution in [3.05, 3.63) is 11.6 Å². The van der Waals surface area contributed by atoms with Crippen molar-refractivity contribution in [1.29, 1.82) is 0 Å². The normalized spacial score (nSPS) is 27.3. The topological polar surface area (TPSA) is 15.3 Å². The van der Waals surface area contributed by atoms with Crippen LogP contribution in [0.4, 0.5) is 0 Å². The van der Waals surface area contributed by atoms with Crippen LogP contribution in [-0.4, -0.2) is 36.1 Å². The van der Waals surface area contributed by atoms with Crippen LogP contribution >= 0.6 is 11.6 Å². The van der Waals surface area contributed by atoms with Gasteiger partial charge in [-0.2, -0.15) is 0 Å². The SMILES string of the molecule is CCC1(CC)CNC(C)CN1C/C=C/Cl. The zero-order valence-electron chi connectivity index (χ0n) is 10.1. The molecule has 0 aromatic rings. The van der Waals surface area contributed by atoms with E-state index in [1.165, 1.54) is 12.8 Å². The highest BCUT2D eigenvalue weighted by molar-refractivity contribution is 6.25. The molecule has 0 spiro atoms. The maximum Gasteiger partial charge on any atom is 0.0332 e. The van der Waals surface area contributed by atoms with Gasteiger partial charge in [0.2, 0.25) is 0 Å². The number of nitrogens with zero attached hydrogens (tertiary/aromatic N) is 1. The van der Waals surface area contributed by atoms with Gasteiger partial charge in [-0.25, -0.2) is 0 Å². The van der Waals surface area contributed by atoms with E-state index in [-0.39, 0.29) is 0 Å². The summed E-state index contributed by atoms with van der Waals surface area (Å²) in [6.45, 7) is 9.97. The molecule has 0 radical (unpaired) electrons. The van der Waals surface area contributed by atoms with Gasteiger partial charge in [0, 0.05) is 36.8 Å². The van der Waals surface area contributed by atoms with Crippen molar-refractivity contribution >= 4 is 11.6 Å². The van der Waals surface area contributed by atoms with Gasteiger partial charge < -0.3 is 5.32 Å². The highest BCUT2D eigenvalue weighted by Crippen LogP contribution is 2.26. The molecule has 1 aliphatic rings. The van der Waals surface area contributed by atoms with E-state index in [1.807, 2.05) is 6.08 Å². The third-order valence-corrected chi connectivity index (χ3v) is 3.85. The van der Waals surface area contributed by atoms with Crippen LogP contribution in [0.15, 0.2) is 11.6 Å². The number of hydrogen-bond acceptors (Lipinski definition) is 2. The standard InChI is InChI=1S/C12H23ClN2/c1-4-12(5-2)10-14-11(3)9-15(12)8-6-7-13/h6-7,11,14H,4-5,8-10H2,1-3H3/b7-6+.